The van der Waals surface area contributed by atoms with E-state index in [9.17, 15) is 4.79 Å². The first kappa shape index (κ1) is 15.8. The van der Waals surface area contributed by atoms with Gasteiger partial charge < -0.3 is 9.64 Å². The van der Waals surface area contributed by atoms with Crippen molar-refractivity contribution in [1.82, 2.24) is 14.7 Å². The van der Waals surface area contributed by atoms with Crippen LogP contribution >= 0.6 is 0 Å². The van der Waals surface area contributed by atoms with E-state index in [1.165, 1.54) is 0 Å². The van der Waals surface area contributed by atoms with Gasteiger partial charge in [-0.25, -0.2) is 4.79 Å². The minimum absolute atomic E-state index is 0.0758. The maximum atomic E-state index is 12.2. The van der Waals surface area contributed by atoms with Crippen molar-refractivity contribution in [2.24, 2.45) is 5.92 Å². The van der Waals surface area contributed by atoms with Crippen LogP contribution in [0.1, 0.15) is 34.1 Å². The molecule has 1 fully saturated rings. The van der Waals surface area contributed by atoms with Gasteiger partial charge in [0.05, 0.1) is 12.1 Å². The number of nitrogens with one attached hydrogen (secondary N) is 1. The maximum Gasteiger partial charge on any atom is 0.323 e. The Bertz CT molecular complexity index is 478. The second kappa shape index (κ2) is 6.47. The molecule has 1 unspecified atom stereocenters. The summed E-state index contributed by atoms with van der Waals surface area (Å²) in [5.41, 5.74) is -0.0841. The number of urea groups is 1. The zero-order chi connectivity index (χ0) is 15.5. The van der Waals surface area contributed by atoms with Crippen LogP contribution < -0.4 is 5.32 Å². The molecule has 0 radical (unpaired) electrons. The van der Waals surface area contributed by atoms with Crippen LogP contribution in [0.4, 0.5) is 10.6 Å². The Morgan fingerprint density at radius 2 is 2.29 bits per heavy atom. The van der Waals surface area contributed by atoms with Gasteiger partial charge in [0.15, 0.2) is 5.82 Å². The van der Waals surface area contributed by atoms with E-state index in [0.717, 1.165) is 32.7 Å². The third-order valence-electron chi connectivity index (χ3n) is 3.64. The number of amides is 2. The summed E-state index contributed by atoms with van der Waals surface area (Å²) in [5, 5.41) is 7.26. The molecule has 2 amide bonds. The topological polar surface area (TPSA) is 59.4 Å². The average Bonchev–Trinajstić information content (AvgIpc) is 3.04. The standard InChI is InChI=1S/C15H26N4O2/c1-5-21-11-12-6-8-18(10-12)14(20)16-13-7-9-19(17-13)15(2,3)4/h7,9,12H,5-6,8,10-11H2,1-4H3,(H,16,17,20). The zero-order valence-electron chi connectivity index (χ0n) is 13.4. The van der Waals surface area contributed by atoms with Crippen LogP contribution in [0.5, 0.6) is 0 Å². The highest BCUT2D eigenvalue weighted by Gasteiger charge is 2.26. The quantitative estimate of drug-likeness (QED) is 0.928. The van der Waals surface area contributed by atoms with Gasteiger partial charge in [0.2, 0.25) is 0 Å². The molecule has 21 heavy (non-hydrogen) atoms. The third kappa shape index (κ3) is 4.20. The van der Waals surface area contributed by atoms with Gasteiger partial charge in [-0.15, -0.1) is 0 Å². The van der Waals surface area contributed by atoms with E-state index >= 15 is 0 Å². The molecule has 1 N–H and O–H groups in total. The number of likely N-dealkylation sites (tertiary alicyclic amines) is 1. The molecule has 0 spiro atoms. The highest BCUT2D eigenvalue weighted by atomic mass is 16.5. The molecular weight excluding hydrogens is 268 g/mol. The number of carbonyl (C=O) groups excluding carboxylic acids is 1. The van der Waals surface area contributed by atoms with Crippen molar-refractivity contribution in [2.75, 3.05) is 31.6 Å². The molecule has 6 nitrogen and oxygen atoms in total. The molecule has 1 aromatic rings. The van der Waals surface area contributed by atoms with Crippen molar-refractivity contribution in [3.8, 4) is 0 Å². The summed E-state index contributed by atoms with van der Waals surface area (Å²) in [5.74, 6) is 1.05. The van der Waals surface area contributed by atoms with Crippen LogP contribution in [0.2, 0.25) is 0 Å². The highest BCUT2D eigenvalue weighted by molar-refractivity contribution is 5.88. The number of nitrogens with zero attached hydrogens (tertiary/aromatic N) is 3. The number of hydrogen-bond acceptors (Lipinski definition) is 3. The SMILES string of the molecule is CCOCC1CCN(C(=O)Nc2ccn(C(C)(C)C)n2)C1. The molecule has 1 aliphatic heterocycles. The minimum Gasteiger partial charge on any atom is -0.381 e. The Morgan fingerprint density at radius 1 is 1.52 bits per heavy atom. The normalized spacial score (nSPS) is 19.0. The summed E-state index contributed by atoms with van der Waals surface area (Å²) in [6.45, 7) is 11.2. The highest BCUT2D eigenvalue weighted by Crippen LogP contribution is 2.19. The van der Waals surface area contributed by atoms with Crippen LogP contribution in [0.15, 0.2) is 12.3 Å². The Hall–Kier alpha value is -1.56. The van der Waals surface area contributed by atoms with Crippen LogP contribution in [-0.2, 0) is 10.3 Å². The van der Waals surface area contributed by atoms with Gasteiger partial charge in [-0.05, 0) is 34.1 Å². The summed E-state index contributed by atoms with van der Waals surface area (Å²) in [6.07, 6.45) is 2.89. The van der Waals surface area contributed by atoms with Gasteiger partial charge in [-0.3, -0.25) is 10.00 Å². The maximum absolute atomic E-state index is 12.2. The number of ether oxygens (including phenoxy) is 1. The van der Waals surface area contributed by atoms with Crippen LogP contribution in [0.3, 0.4) is 0 Å². The molecule has 1 aromatic heterocycles. The van der Waals surface area contributed by atoms with Crippen LogP contribution in [0.25, 0.3) is 0 Å². The minimum atomic E-state index is -0.0841. The van der Waals surface area contributed by atoms with Gasteiger partial charge in [0.25, 0.3) is 0 Å². The Labute approximate surface area is 126 Å². The first-order chi connectivity index (χ1) is 9.90. The fraction of sp³-hybridized carbons (Fsp3) is 0.733. The molecular formula is C15H26N4O2. The van der Waals surface area contributed by atoms with Gasteiger partial charge >= 0.3 is 6.03 Å². The van der Waals surface area contributed by atoms with E-state index in [4.69, 9.17) is 4.74 Å². The second-order valence-electron chi connectivity index (χ2n) is 6.51. The summed E-state index contributed by atoms with van der Waals surface area (Å²) in [6, 6.07) is 1.75. The van der Waals surface area contributed by atoms with Crippen molar-refractivity contribution >= 4 is 11.8 Å². The van der Waals surface area contributed by atoms with Gasteiger partial charge in [-0.1, -0.05) is 0 Å². The lowest BCUT2D eigenvalue weighted by Gasteiger charge is -2.19. The third-order valence-corrected chi connectivity index (χ3v) is 3.64. The molecule has 0 bridgehead atoms. The lowest BCUT2D eigenvalue weighted by atomic mass is 10.1. The van der Waals surface area contributed by atoms with Gasteiger partial charge in [-0.2, -0.15) is 5.10 Å². The molecule has 6 heteroatoms. The number of rotatable bonds is 4. The molecule has 2 heterocycles. The molecule has 1 atom stereocenters. The Morgan fingerprint density at radius 3 is 2.90 bits per heavy atom. The van der Waals surface area contributed by atoms with Crippen LogP contribution in [0, 0.1) is 5.92 Å². The predicted octanol–water partition coefficient (Wildman–Crippen LogP) is 2.53. The van der Waals surface area contributed by atoms with E-state index in [2.05, 4.69) is 31.2 Å². The van der Waals surface area contributed by atoms with Crippen molar-refractivity contribution in [1.29, 1.82) is 0 Å². The molecule has 0 aliphatic carbocycles. The van der Waals surface area contributed by atoms with E-state index in [0.29, 0.717) is 11.7 Å². The number of anilines is 1. The molecule has 1 saturated heterocycles. The molecule has 2 rings (SSSR count). The van der Waals surface area contributed by atoms with Crippen LogP contribution in [-0.4, -0.2) is 47.0 Å². The second-order valence-corrected chi connectivity index (χ2v) is 6.51. The molecule has 0 saturated carbocycles. The molecule has 1 aliphatic rings. The summed E-state index contributed by atoms with van der Waals surface area (Å²) in [7, 11) is 0. The molecule has 118 valence electrons. The number of carbonyl (C=O) groups is 1. The van der Waals surface area contributed by atoms with Crippen molar-refractivity contribution < 1.29 is 9.53 Å². The lowest BCUT2D eigenvalue weighted by Crippen LogP contribution is -2.33. The fourth-order valence-electron chi connectivity index (χ4n) is 2.39. The predicted molar refractivity (Wildman–Crippen MR) is 82.4 cm³/mol. The Balaban J connectivity index is 1.86. The first-order valence-corrected chi connectivity index (χ1v) is 7.60. The number of aromatic nitrogens is 2. The van der Waals surface area contributed by atoms with Crippen molar-refractivity contribution in [3.05, 3.63) is 12.3 Å². The average molecular weight is 294 g/mol. The summed E-state index contributed by atoms with van der Waals surface area (Å²) in [4.78, 5) is 14.1. The van der Waals surface area contributed by atoms with Crippen molar-refractivity contribution in [3.63, 3.8) is 0 Å². The first-order valence-electron chi connectivity index (χ1n) is 7.60. The fourth-order valence-corrected chi connectivity index (χ4v) is 2.39. The number of hydrogen-bond donors (Lipinski definition) is 1. The zero-order valence-corrected chi connectivity index (χ0v) is 13.4. The largest absolute Gasteiger partial charge is 0.381 e. The monoisotopic (exact) mass is 294 g/mol. The Kier molecular flexibility index (Phi) is 4.88. The van der Waals surface area contributed by atoms with E-state index in [1.54, 1.807) is 0 Å². The summed E-state index contributed by atoms with van der Waals surface area (Å²) < 4.78 is 7.28. The smallest absolute Gasteiger partial charge is 0.323 e. The molecule has 0 aromatic carbocycles. The van der Waals surface area contributed by atoms with E-state index in [1.807, 2.05) is 28.8 Å². The van der Waals surface area contributed by atoms with Crippen molar-refractivity contribution in [2.45, 2.75) is 39.7 Å². The van der Waals surface area contributed by atoms with E-state index in [-0.39, 0.29) is 11.6 Å². The lowest BCUT2D eigenvalue weighted by molar-refractivity contribution is 0.113. The van der Waals surface area contributed by atoms with Gasteiger partial charge in [0, 0.05) is 37.9 Å². The summed E-state index contributed by atoms with van der Waals surface area (Å²) >= 11 is 0. The van der Waals surface area contributed by atoms with E-state index < -0.39 is 0 Å². The van der Waals surface area contributed by atoms with Gasteiger partial charge in [0.1, 0.15) is 0 Å².